The molecule has 0 aromatic heterocycles. The summed E-state index contributed by atoms with van der Waals surface area (Å²) in [5.41, 5.74) is 1.65. The maximum atomic E-state index is 11.3. The lowest BCUT2D eigenvalue weighted by Crippen LogP contribution is -2.24. The van der Waals surface area contributed by atoms with Crippen molar-refractivity contribution >= 4 is 5.78 Å². The van der Waals surface area contributed by atoms with Gasteiger partial charge in [-0.25, -0.2) is 0 Å². The molecule has 0 N–H and O–H groups in total. The number of carbonyl (C=O) groups excluding carboxylic acids is 1. The van der Waals surface area contributed by atoms with E-state index in [9.17, 15) is 4.79 Å². The van der Waals surface area contributed by atoms with Crippen molar-refractivity contribution in [1.29, 1.82) is 0 Å². The Bertz CT molecular complexity index is 684. The van der Waals surface area contributed by atoms with Crippen molar-refractivity contribution in [3.63, 3.8) is 0 Å². The Morgan fingerprint density at radius 2 is 1.86 bits per heavy atom. The molecule has 0 bridgehead atoms. The lowest BCUT2D eigenvalue weighted by Gasteiger charge is -2.18. The SMILES string of the molecule is CC(=O)c1ccc(Oc2cccc3c2OC(C)(C)C3)cc1. The molecule has 0 amide bonds. The van der Waals surface area contributed by atoms with Crippen LogP contribution in [0.4, 0.5) is 0 Å². The van der Waals surface area contributed by atoms with Crippen LogP contribution in [0.1, 0.15) is 36.7 Å². The van der Waals surface area contributed by atoms with E-state index in [1.54, 1.807) is 31.2 Å². The first-order valence-corrected chi connectivity index (χ1v) is 7.04. The molecule has 1 aliphatic rings. The van der Waals surface area contributed by atoms with Crippen LogP contribution in [0.15, 0.2) is 42.5 Å². The van der Waals surface area contributed by atoms with Crippen LogP contribution in [0.2, 0.25) is 0 Å². The Balaban J connectivity index is 1.87. The number of carbonyl (C=O) groups is 1. The van der Waals surface area contributed by atoms with Crippen LogP contribution in [0, 0.1) is 0 Å². The zero-order valence-corrected chi connectivity index (χ0v) is 12.5. The van der Waals surface area contributed by atoms with Gasteiger partial charge >= 0.3 is 0 Å². The summed E-state index contributed by atoms with van der Waals surface area (Å²) in [6.45, 7) is 5.69. The summed E-state index contributed by atoms with van der Waals surface area (Å²) in [6.07, 6.45) is 0.878. The Morgan fingerprint density at radius 1 is 1.14 bits per heavy atom. The van der Waals surface area contributed by atoms with E-state index in [-0.39, 0.29) is 11.4 Å². The standard InChI is InChI=1S/C18H18O3/c1-12(19)13-7-9-15(10-8-13)20-16-6-4-5-14-11-18(2,3)21-17(14)16/h4-10H,11H2,1-3H3. The lowest BCUT2D eigenvalue weighted by molar-refractivity contribution is 0.101. The van der Waals surface area contributed by atoms with Gasteiger partial charge in [0.15, 0.2) is 17.3 Å². The van der Waals surface area contributed by atoms with Crippen LogP contribution in [-0.4, -0.2) is 11.4 Å². The number of ether oxygens (including phenoxy) is 2. The Morgan fingerprint density at radius 3 is 2.52 bits per heavy atom. The molecule has 2 aromatic rings. The fourth-order valence-electron chi connectivity index (χ4n) is 2.55. The summed E-state index contributed by atoms with van der Waals surface area (Å²) >= 11 is 0. The summed E-state index contributed by atoms with van der Waals surface area (Å²) in [5, 5.41) is 0. The number of Topliss-reactive ketones (excluding diaryl/α,β-unsaturated/α-hetero) is 1. The number of hydrogen-bond donors (Lipinski definition) is 0. The molecular formula is C18H18O3. The van der Waals surface area contributed by atoms with Crippen molar-refractivity contribution in [3.8, 4) is 17.2 Å². The van der Waals surface area contributed by atoms with Gasteiger partial charge in [-0.2, -0.15) is 0 Å². The second kappa shape index (κ2) is 4.92. The van der Waals surface area contributed by atoms with Gasteiger partial charge in [-0.15, -0.1) is 0 Å². The molecule has 2 aromatic carbocycles. The maximum Gasteiger partial charge on any atom is 0.169 e. The van der Waals surface area contributed by atoms with E-state index in [4.69, 9.17) is 9.47 Å². The molecule has 0 saturated heterocycles. The molecule has 3 rings (SSSR count). The average Bonchev–Trinajstić information content (AvgIpc) is 2.74. The average molecular weight is 282 g/mol. The van der Waals surface area contributed by atoms with Gasteiger partial charge in [-0.05, 0) is 51.1 Å². The monoisotopic (exact) mass is 282 g/mol. The van der Waals surface area contributed by atoms with Crippen molar-refractivity contribution < 1.29 is 14.3 Å². The Kier molecular flexibility index (Phi) is 3.20. The highest BCUT2D eigenvalue weighted by molar-refractivity contribution is 5.94. The molecule has 0 unspecified atom stereocenters. The summed E-state index contributed by atoms with van der Waals surface area (Å²) < 4.78 is 11.9. The summed E-state index contributed by atoms with van der Waals surface area (Å²) in [7, 11) is 0. The predicted molar refractivity (Wildman–Crippen MR) is 81.4 cm³/mol. The fraction of sp³-hybridized carbons (Fsp3) is 0.278. The van der Waals surface area contributed by atoms with Gasteiger partial charge in [0, 0.05) is 17.5 Å². The van der Waals surface area contributed by atoms with E-state index in [1.165, 1.54) is 0 Å². The van der Waals surface area contributed by atoms with Crippen molar-refractivity contribution in [3.05, 3.63) is 53.6 Å². The summed E-state index contributed by atoms with van der Waals surface area (Å²) in [4.78, 5) is 11.3. The van der Waals surface area contributed by atoms with Crippen molar-refractivity contribution in [2.75, 3.05) is 0 Å². The van der Waals surface area contributed by atoms with Crippen molar-refractivity contribution in [2.24, 2.45) is 0 Å². The highest BCUT2D eigenvalue weighted by atomic mass is 16.5. The molecule has 0 saturated carbocycles. The molecule has 0 fully saturated rings. The Hall–Kier alpha value is -2.29. The van der Waals surface area contributed by atoms with Gasteiger partial charge < -0.3 is 9.47 Å². The first kappa shape index (κ1) is 13.7. The van der Waals surface area contributed by atoms with Crippen LogP contribution < -0.4 is 9.47 Å². The van der Waals surface area contributed by atoms with E-state index in [2.05, 4.69) is 19.9 Å². The molecular weight excluding hydrogens is 264 g/mol. The molecule has 1 heterocycles. The topological polar surface area (TPSA) is 35.5 Å². The zero-order valence-electron chi connectivity index (χ0n) is 12.5. The number of rotatable bonds is 3. The Labute approximate surface area is 124 Å². The molecule has 0 aliphatic carbocycles. The molecule has 108 valence electrons. The van der Waals surface area contributed by atoms with Gasteiger partial charge in [0.05, 0.1) is 0 Å². The number of benzene rings is 2. The minimum atomic E-state index is -0.194. The molecule has 3 nitrogen and oxygen atoms in total. The molecule has 0 radical (unpaired) electrons. The first-order valence-electron chi connectivity index (χ1n) is 7.04. The van der Waals surface area contributed by atoms with Gasteiger partial charge in [0.25, 0.3) is 0 Å². The van der Waals surface area contributed by atoms with E-state index in [0.29, 0.717) is 17.1 Å². The van der Waals surface area contributed by atoms with E-state index in [1.807, 2.05) is 12.1 Å². The minimum Gasteiger partial charge on any atom is -0.483 e. The van der Waals surface area contributed by atoms with Gasteiger partial charge in [-0.1, -0.05) is 12.1 Å². The highest BCUT2D eigenvalue weighted by Crippen LogP contribution is 2.43. The summed E-state index contributed by atoms with van der Waals surface area (Å²) in [5.74, 6) is 2.28. The second-order valence-electron chi connectivity index (χ2n) is 5.97. The van der Waals surface area contributed by atoms with Crippen LogP contribution in [-0.2, 0) is 6.42 Å². The quantitative estimate of drug-likeness (QED) is 0.783. The normalized spacial score (nSPS) is 15.2. The maximum absolute atomic E-state index is 11.3. The first-order chi connectivity index (χ1) is 9.94. The molecule has 3 heteroatoms. The number of fused-ring (bicyclic) bond motifs is 1. The number of para-hydroxylation sites is 1. The van der Waals surface area contributed by atoms with Crippen molar-refractivity contribution in [1.82, 2.24) is 0 Å². The molecule has 21 heavy (non-hydrogen) atoms. The summed E-state index contributed by atoms with van der Waals surface area (Å²) in [6, 6.07) is 13.1. The molecule has 0 atom stereocenters. The second-order valence-corrected chi connectivity index (χ2v) is 5.97. The molecule has 1 aliphatic heterocycles. The predicted octanol–water partition coefficient (Wildman–Crippen LogP) is 4.40. The van der Waals surface area contributed by atoms with Gasteiger partial charge in [-0.3, -0.25) is 4.79 Å². The highest BCUT2D eigenvalue weighted by Gasteiger charge is 2.32. The van der Waals surface area contributed by atoms with Crippen LogP contribution in [0.5, 0.6) is 17.2 Å². The fourth-order valence-corrected chi connectivity index (χ4v) is 2.55. The van der Waals surface area contributed by atoms with E-state index >= 15 is 0 Å². The number of ketones is 1. The number of hydrogen-bond acceptors (Lipinski definition) is 3. The minimum absolute atomic E-state index is 0.0484. The largest absolute Gasteiger partial charge is 0.483 e. The van der Waals surface area contributed by atoms with Gasteiger partial charge in [0.1, 0.15) is 11.4 Å². The van der Waals surface area contributed by atoms with E-state index < -0.39 is 0 Å². The third-order valence-electron chi connectivity index (χ3n) is 3.54. The molecule has 0 spiro atoms. The zero-order chi connectivity index (χ0) is 15.0. The van der Waals surface area contributed by atoms with Crippen LogP contribution in [0.25, 0.3) is 0 Å². The van der Waals surface area contributed by atoms with Gasteiger partial charge in [0.2, 0.25) is 0 Å². The van der Waals surface area contributed by atoms with E-state index in [0.717, 1.165) is 17.7 Å². The third-order valence-corrected chi connectivity index (χ3v) is 3.54. The van der Waals surface area contributed by atoms with Crippen LogP contribution in [0.3, 0.4) is 0 Å². The van der Waals surface area contributed by atoms with Crippen molar-refractivity contribution in [2.45, 2.75) is 32.8 Å². The smallest absolute Gasteiger partial charge is 0.169 e. The lowest BCUT2D eigenvalue weighted by atomic mass is 10.0. The third kappa shape index (κ3) is 2.77. The van der Waals surface area contributed by atoms with Crippen LogP contribution >= 0.6 is 0 Å².